The number of rotatable bonds is 9. The van der Waals surface area contributed by atoms with Gasteiger partial charge in [0, 0.05) is 62.3 Å². The van der Waals surface area contributed by atoms with Crippen molar-refractivity contribution in [2.75, 3.05) is 70.4 Å². The van der Waals surface area contributed by atoms with Crippen LogP contribution in [0.3, 0.4) is 0 Å². The van der Waals surface area contributed by atoms with Gasteiger partial charge in [-0.05, 0) is 47.9 Å². The molecule has 2 amide bonds. The summed E-state index contributed by atoms with van der Waals surface area (Å²) >= 11 is 0. The number of morpholine rings is 1. The van der Waals surface area contributed by atoms with E-state index >= 15 is 0 Å². The molecule has 2 aliphatic rings. The average molecular weight is 545 g/mol. The third-order valence-corrected chi connectivity index (χ3v) is 7.40. The fourth-order valence-corrected chi connectivity index (χ4v) is 5.16. The van der Waals surface area contributed by atoms with E-state index in [1.54, 1.807) is 24.3 Å². The standard InChI is InChI=1S/C31H36N4O5/c1-38-26-17-24(18-27(20-26)39-2)30(36)33-25-7-8-29(35-11-9-22-5-3-4-6-23(22)21-35)28(19-25)31(37)32-10-12-34-13-15-40-16-14-34/h3-8,17-20H,9-16,21H2,1-2H3,(H,32,37)(H,33,36). The molecule has 3 aromatic rings. The Balaban J connectivity index is 1.37. The molecule has 3 aromatic carbocycles. The van der Waals surface area contributed by atoms with Gasteiger partial charge in [-0.2, -0.15) is 0 Å². The maximum atomic E-state index is 13.5. The first kappa shape index (κ1) is 27.5. The van der Waals surface area contributed by atoms with Crippen LogP contribution >= 0.6 is 0 Å². The largest absolute Gasteiger partial charge is 0.497 e. The monoisotopic (exact) mass is 544 g/mol. The van der Waals surface area contributed by atoms with E-state index in [0.29, 0.717) is 34.9 Å². The minimum Gasteiger partial charge on any atom is -0.497 e. The minimum absolute atomic E-state index is 0.165. The lowest BCUT2D eigenvalue weighted by atomic mass is 9.98. The number of carbonyl (C=O) groups is 2. The molecule has 0 saturated carbocycles. The van der Waals surface area contributed by atoms with Crippen molar-refractivity contribution in [2.45, 2.75) is 13.0 Å². The van der Waals surface area contributed by atoms with E-state index in [1.807, 2.05) is 18.2 Å². The second-order valence-electron chi connectivity index (χ2n) is 9.94. The highest BCUT2D eigenvalue weighted by molar-refractivity contribution is 6.06. The lowest BCUT2D eigenvalue weighted by molar-refractivity contribution is 0.0383. The van der Waals surface area contributed by atoms with Gasteiger partial charge in [0.05, 0.1) is 33.0 Å². The van der Waals surface area contributed by atoms with E-state index in [2.05, 4.69) is 38.6 Å². The fraction of sp³-hybridized carbons (Fsp3) is 0.355. The molecule has 40 heavy (non-hydrogen) atoms. The highest BCUT2D eigenvalue weighted by Gasteiger charge is 2.22. The Morgan fingerprint density at radius 3 is 2.33 bits per heavy atom. The van der Waals surface area contributed by atoms with Gasteiger partial charge in [0.15, 0.2) is 0 Å². The fourth-order valence-electron chi connectivity index (χ4n) is 5.16. The number of benzene rings is 3. The summed E-state index contributed by atoms with van der Waals surface area (Å²) in [6.07, 6.45) is 0.907. The minimum atomic E-state index is -0.324. The zero-order chi connectivity index (χ0) is 27.9. The van der Waals surface area contributed by atoms with Crippen molar-refractivity contribution in [1.82, 2.24) is 10.2 Å². The van der Waals surface area contributed by atoms with Crippen LogP contribution in [0.5, 0.6) is 11.5 Å². The second-order valence-corrected chi connectivity index (χ2v) is 9.94. The molecule has 0 unspecified atom stereocenters. The highest BCUT2D eigenvalue weighted by Crippen LogP contribution is 2.30. The van der Waals surface area contributed by atoms with Crippen LogP contribution in [0.2, 0.25) is 0 Å². The van der Waals surface area contributed by atoms with Crippen molar-refractivity contribution in [2.24, 2.45) is 0 Å². The number of carbonyl (C=O) groups excluding carboxylic acids is 2. The van der Waals surface area contributed by atoms with E-state index in [4.69, 9.17) is 14.2 Å². The van der Waals surface area contributed by atoms with Gasteiger partial charge < -0.3 is 29.7 Å². The summed E-state index contributed by atoms with van der Waals surface area (Å²) in [6, 6.07) is 19.0. The quantitative estimate of drug-likeness (QED) is 0.426. The summed E-state index contributed by atoms with van der Waals surface area (Å²) in [5.74, 6) is 0.549. The first-order chi connectivity index (χ1) is 19.5. The Morgan fingerprint density at radius 1 is 0.875 bits per heavy atom. The average Bonchev–Trinajstić information content (AvgIpc) is 3.01. The Bertz CT molecular complexity index is 1330. The van der Waals surface area contributed by atoms with Gasteiger partial charge in [0.1, 0.15) is 11.5 Å². The molecular weight excluding hydrogens is 508 g/mol. The van der Waals surface area contributed by atoms with Gasteiger partial charge in [0.25, 0.3) is 11.8 Å². The maximum Gasteiger partial charge on any atom is 0.255 e. The topological polar surface area (TPSA) is 92.4 Å². The van der Waals surface area contributed by atoms with E-state index in [-0.39, 0.29) is 11.8 Å². The van der Waals surface area contributed by atoms with Crippen molar-refractivity contribution in [3.05, 3.63) is 82.9 Å². The van der Waals surface area contributed by atoms with Crippen molar-refractivity contribution >= 4 is 23.2 Å². The Morgan fingerprint density at radius 2 is 1.60 bits per heavy atom. The summed E-state index contributed by atoms with van der Waals surface area (Å²) < 4.78 is 16.0. The SMILES string of the molecule is COc1cc(OC)cc(C(=O)Nc2ccc(N3CCc4ccccc4C3)c(C(=O)NCCN3CCOCC3)c2)c1. The van der Waals surface area contributed by atoms with Crippen LogP contribution in [-0.4, -0.2) is 76.9 Å². The zero-order valence-corrected chi connectivity index (χ0v) is 23.1. The molecule has 0 atom stereocenters. The predicted molar refractivity (Wildman–Crippen MR) is 155 cm³/mol. The third-order valence-electron chi connectivity index (χ3n) is 7.40. The van der Waals surface area contributed by atoms with Gasteiger partial charge in [-0.25, -0.2) is 0 Å². The normalized spacial score (nSPS) is 15.2. The van der Waals surface area contributed by atoms with Crippen LogP contribution in [0.25, 0.3) is 0 Å². The van der Waals surface area contributed by atoms with Gasteiger partial charge in [-0.1, -0.05) is 24.3 Å². The number of nitrogens with zero attached hydrogens (tertiary/aromatic N) is 2. The molecule has 2 N–H and O–H groups in total. The number of amides is 2. The lowest BCUT2D eigenvalue weighted by Gasteiger charge is -2.32. The summed E-state index contributed by atoms with van der Waals surface area (Å²) in [7, 11) is 3.08. The van der Waals surface area contributed by atoms with Crippen LogP contribution in [0.4, 0.5) is 11.4 Å². The number of methoxy groups -OCH3 is 2. The molecule has 0 bridgehead atoms. The van der Waals surface area contributed by atoms with Crippen molar-refractivity contribution < 1.29 is 23.8 Å². The summed E-state index contributed by atoms with van der Waals surface area (Å²) in [5.41, 5.74) is 4.90. The Kier molecular flexibility index (Phi) is 8.83. The van der Waals surface area contributed by atoms with E-state index < -0.39 is 0 Å². The van der Waals surface area contributed by atoms with Crippen molar-refractivity contribution in [1.29, 1.82) is 0 Å². The molecule has 2 aliphatic heterocycles. The smallest absolute Gasteiger partial charge is 0.255 e. The van der Waals surface area contributed by atoms with E-state index in [0.717, 1.165) is 58.0 Å². The Labute approximate surface area is 235 Å². The number of nitrogens with one attached hydrogen (secondary N) is 2. The number of fused-ring (bicyclic) bond motifs is 1. The molecule has 0 aliphatic carbocycles. The first-order valence-electron chi connectivity index (χ1n) is 13.6. The second kappa shape index (κ2) is 12.8. The molecule has 0 radical (unpaired) electrons. The molecule has 0 aromatic heterocycles. The summed E-state index contributed by atoms with van der Waals surface area (Å²) in [5, 5.41) is 6.03. The van der Waals surface area contributed by atoms with Crippen LogP contribution in [0.15, 0.2) is 60.7 Å². The van der Waals surface area contributed by atoms with Gasteiger partial charge in [-0.3, -0.25) is 14.5 Å². The maximum absolute atomic E-state index is 13.5. The number of hydrogen-bond acceptors (Lipinski definition) is 7. The van der Waals surface area contributed by atoms with Crippen LogP contribution in [0.1, 0.15) is 31.8 Å². The van der Waals surface area contributed by atoms with Gasteiger partial charge in [0.2, 0.25) is 0 Å². The van der Waals surface area contributed by atoms with Crippen molar-refractivity contribution in [3.63, 3.8) is 0 Å². The molecule has 1 fully saturated rings. The van der Waals surface area contributed by atoms with Crippen LogP contribution in [0, 0.1) is 0 Å². The van der Waals surface area contributed by atoms with Gasteiger partial charge in [-0.15, -0.1) is 0 Å². The Hall–Kier alpha value is -4.08. The van der Waals surface area contributed by atoms with Crippen LogP contribution < -0.4 is 25.0 Å². The molecule has 1 saturated heterocycles. The zero-order valence-electron chi connectivity index (χ0n) is 23.1. The molecular formula is C31H36N4O5. The molecule has 2 heterocycles. The molecule has 0 spiro atoms. The summed E-state index contributed by atoms with van der Waals surface area (Å²) in [4.78, 5) is 31.2. The first-order valence-corrected chi connectivity index (χ1v) is 13.6. The third kappa shape index (κ3) is 6.55. The van der Waals surface area contributed by atoms with E-state index in [9.17, 15) is 9.59 Å². The number of hydrogen-bond donors (Lipinski definition) is 2. The lowest BCUT2D eigenvalue weighted by Crippen LogP contribution is -2.41. The van der Waals surface area contributed by atoms with Crippen molar-refractivity contribution in [3.8, 4) is 11.5 Å². The number of anilines is 2. The van der Waals surface area contributed by atoms with Gasteiger partial charge >= 0.3 is 0 Å². The molecule has 9 heteroatoms. The molecule has 5 rings (SSSR count). The molecule has 210 valence electrons. The molecule has 9 nitrogen and oxygen atoms in total. The van der Waals surface area contributed by atoms with E-state index in [1.165, 1.54) is 25.3 Å². The van der Waals surface area contributed by atoms with Crippen LogP contribution in [-0.2, 0) is 17.7 Å². The predicted octanol–water partition coefficient (Wildman–Crippen LogP) is 3.58. The number of ether oxygens (including phenoxy) is 3. The highest BCUT2D eigenvalue weighted by atomic mass is 16.5. The summed E-state index contributed by atoms with van der Waals surface area (Å²) in [6.45, 7) is 5.98.